The standard InChI is InChI=1S/C10H12Cl2N2O2/c11-7-2-1-3-8(10(7)12)14-5-6(13)4-9(15)16/h1-3,6,14H,4-5,13H2,(H,15,16). The van der Waals surface area contributed by atoms with Gasteiger partial charge in [0.25, 0.3) is 0 Å². The van der Waals surface area contributed by atoms with Gasteiger partial charge in [0.15, 0.2) is 0 Å². The molecule has 0 aliphatic heterocycles. The van der Waals surface area contributed by atoms with Gasteiger partial charge in [-0.25, -0.2) is 0 Å². The number of carboxylic acid groups (broad SMARTS) is 1. The van der Waals surface area contributed by atoms with E-state index in [2.05, 4.69) is 5.32 Å². The highest BCUT2D eigenvalue weighted by atomic mass is 35.5. The Morgan fingerprint density at radius 1 is 1.50 bits per heavy atom. The molecule has 0 amide bonds. The lowest BCUT2D eigenvalue weighted by atomic mass is 10.2. The van der Waals surface area contributed by atoms with Crippen LogP contribution in [-0.4, -0.2) is 23.7 Å². The van der Waals surface area contributed by atoms with E-state index in [4.69, 9.17) is 34.0 Å². The number of carboxylic acids is 1. The summed E-state index contributed by atoms with van der Waals surface area (Å²) in [6, 6.07) is 4.71. The van der Waals surface area contributed by atoms with Crippen LogP contribution in [0.2, 0.25) is 10.0 Å². The van der Waals surface area contributed by atoms with Gasteiger partial charge < -0.3 is 16.2 Å². The van der Waals surface area contributed by atoms with Gasteiger partial charge in [0.2, 0.25) is 0 Å². The van der Waals surface area contributed by atoms with Crippen LogP contribution in [0.3, 0.4) is 0 Å². The highest BCUT2D eigenvalue weighted by Crippen LogP contribution is 2.29. The number of nitrogens with one attached hydrogen (secondary N) is 1. The third-order valence-corrected chi connectivity index (χ3v) is 2.76. The summed E-state index contributed by atoms with van der Waals surface area (Å²) in [7, 11) is 0. The Morgan fingerprint density at radius 2 is 2.19 bits per heavy atom. The number of carbonyl (C=O) groups is 1. The van der Waals surface area contributed by atoms with Crippen LogP contribution >= 0.6 is 23.2 Å². The fourth-order valence-corrected chi connectivity index (χ4v) is 1.55. The summed E-state index contributed by atoms with van der Waals surface area (Å²) >= 11 is 11.7. The van der Waals surface area contributed by atoms with E-state index in [-0.39, 0.29) is 6.42 Å². The number of anilines is 1. The number of rotatable bonds is 5. The second kappa shape index (κ2) is 5.94. The maximum absolute atomic E-state index is 10.4. The number of nitrogens with two attached hydrogens (primary N) is 1. The average Bonchev–Trinajstić information content (AvgIpc) is 2.19. The minimum Gasteiger partial charge on any atom is -0.481 e. The maximum Gasteiger partial charge on any atom is 0.304 e. The van der Waals surface area contributed by atoms with E-state index in [1.165, 1.54) is 0 Å². The Morgan fingerprint density at radius 3 is 2.81 bits per heavy atom. The van der Waals surface area contributed by atoms with E-state index in [0.29, 0.717) is 22.3 Å². The number of halogens is 2. The van der Waals surface area contributed by atoms with Crippen molar-refractivity contribution in [3.8, 4) is 0 Å². The molecule has 4 nitrogen and oxygen atoms in total. The van der Waals surface area contributed by atoms with Crippen molar-refractivity contribution in [3.63, 3.8) is 0 Å². The molecule has 0 saturated heterocycles. The minimum absolute atomic E-state index is 0.0921. The Labute approximate surface area is 103 Å². The van der Waals surface area contributed by atoms with Crippen molar-refractivity contribution in [2.75, 3.05) is 11.9 Å². The van der Waals surface area contributed by atoms with Crippen LogP contribution in [0.15, 0.2) is 18.2 Å². The van der Waals surface area contributed by atoms with Crippen molar-refractivity contribution in [1.29, 1.82) is 0 Å². The van der Waals surface area contributed by atoms with Crippen LogP contribution in [0.4, 0.5) is 5.69 Å². The molecule has 16 heavy (non-hydrogen) atoms. The second-order valence-electron chi connectivity index (χ2n) is 3.34. The smallest absolute Gasteiger partial charge is 0.304 e. The van der Waals surface area contributed by atoms with E-state index in [9.17, 15) is 4.79 Å². The number of hydrogen-bond acceptors (Lipinski definition) is 3. The monoisotopic (exact) mass is 262 g/mol. The molecule has 1 atom stereocenters. The second-order valence-corrected chi connectivity index (χ2v) is 4.13. The molecule has 0 radical (unpaired) electrons. The van der Waals surface area contributed by atoms with Gasteiger partial charge in [0.1, 0.15) is 0 Å². The van der Waals surface area contributed by atoms with Gasteiger partial charge in [0, 0.05) is 12.6 Å². The lowest BCUT2D eigenvalue weighted by Gasteiger charge is -2.13. The van der Waals surface area contributed by atoms with Crippen molar-refractivity contribution in [2.45, 2.75) is 12.5 Å². The molecule has 1 aromatic carbocycles. The van der Waals surface area contributed by atoms with Gasteiger partial charge in [-0.2, -0.15) is 0 Å². The zero-order valence-corrected chi connectivity index (χ0v) is 9.92. The molecule has 6 heteroatoms. The molecule has 1 aromatic rings. The van der Waals surface area contributed by atoms with Crippen LogP contribution in [0.5, 0.6) is 0 Å². The van der Waals surface area contributed by atoms with Gasteiger partial charge in [-0.1, -0.05) is 29.3 Å². The van der Waals surface area contributed by atoms with Crippen molar-refractivity contribution in [1.82, 2.24) is 0 Å². The quantitative estimate of drug-likeness (QED) is 0.761. The lowest BCUT2D eigenvalue weighted by Crippen LogP contribution is -2.31. The van der Waals surface area contributed by atoms with Crippen LogP contribution in [-0.2, 0) is 4.79 Å². The Hall–Kier alpha value is -0.970. The van der Waals surface area contributed by atoms with E-state index in [1.54, 1.807) is 18.2 Å². The molecule has 0 aromatic heterocycles. The molecule has 1 rings (SSSR count). The molecular weight excluding hydrogens is 251 g/mol. The maximum atomic E-state index is 10.4. The summed E-state index contributed by atoms with van der Waals surface area (Å²) in [5.74, 6) is -0.925. The molecule has 4 N–H and O–H groups in total. The van der Waals surface area contributed by atoms with Gasteiger partial charge >= 0.3 is 5.97 Å². The van der Waals surface area contributed by atoms with Gasteiger partial charge in [-0.15, -0.1) is 0 Å². The normalized spacial score (nSPS) is 12.2. The molecule has 0 heterocycles. The molecule has 0 aliphatic carbocycles. The van der Waals surface area contributed by atoms with Crippen molar-refractivity contribution in [2.24, 2.45) is 5.73 Å². The molecule has 0 aliphatic rings. The van der Waals surface area contributed by atoms with Gasteiger partial charge in [-0.3, -0.25) is 4.79 Å². The third kappa shape index (κ3) is 3.89. The first-order chi connectivity index (χ1) is 7.50. The SMILES string of the molecule is NC(CNc1cccc(Cl)c1Cl)CC(=O)O. The van der Waals surface area contributed by atoms with Crippen molar-refractivity contribution in [3.05, 3.63) is 28.2 Å². The number of aliphatic carboxylic acids is 1. The summed E-state index contributed by atoms with van der Waals surface area (Å²) in [5.41, 5.74) is 6.24. The van der Waals surface area contributed by atoms with Crippen LogP contribution in [0.25, 0.3) is 0 Å². The summed E-state index contributed by atoms with van der Waals surface area (Å²) in [6.07, 6.45) is -0.0921. The molecular formula is C10H12Cl2N2O2. The van der Waals surface area contributed by atoms with Crippen LogP contribution in [0.1, 0.15) is 6.42 Å². The molecule has 0 saturated carbocycles. The van der Waals surface area contributed by atoms with Crippen molar-refractivity contribution >= 4 is 34.9 Å². The first-order valence-electron chi connectivity index (χ1n) is 4.66. The highest BCUT2D eigenvalue weighted by molar-refractivity contribution is 6.43. The minimum atomic E-state index is -0.925. The van der Waals surface area contributed by atoms with E-state index >= 15 is 0 Å². The Bertz CT molecular complexity index is 385. The molecule has 0 spiro atoms. The lowest BCUT2D eigenvalue weighted by molar-refractivity contribution is -0.137. The van der Waals surface area contributed by atoms with Crippen LogP contribution < -0.4 is 11.1 Å². The van der Waals surface area contributed by atoms with E-state index in [1.807, 2.05) is 0 Å². The predicted molar refractivity (Wildman–Crippen MR) is 65.2 cm³/mol. The summed E-state index contributed by atoms with van der Waals surface area (Å²) in [5, 5.41) is 12.3. The topological polar surface area (TPSA) is 75.3 Å². The fraction of sp³-hybridized carbons (Fsp3) is 0.300. The summed E-state index contributed by atoms with van der Waals surface area (Å²) in [6.45, 7) is 0.326. The average molecular weight is 263 g/mol. The number of hydrogen-bond donors (Lipinski definition) is 3. The van der Waals surface area contributed by atoms with Gasteiger partial charge in [0.05, 0.1) is 22.2 Å². The van der Waals surface area contributed by atoms with E-state index < -0.39 is 12.0 Å². The Kier molecular flexibility index (Phi) is 4.86. The molecule has 1 unspecified atom stereocenters. The largest absolute Gasteiger partial charge is 0.481 e. The van der Waals surface area contributed by atoms with E-state index in [0.717, 1.165) is 0 Å². The fourth-order valence-electron chi connectivity index (χ4n) is 1.18. The first-order valence-corrected chi connectivity index (χ1v) is 5.41. The zero-order chi connectivity index (χ0) is 12.1. The summed E-state index contributed by atoms with van der Waals surface area (Å²) in [4.78, 5) is 10.4. The highest BCUT2D eigenvalue weighted by Gasteiger charge is 2.09. The Balaban J connectivity index is 2.54. The first kappa shape index (κ1) is 13.1. The summed E-state index contributed by atoms with van der Waals surface area (Å²) < 4.78 is 0. The molecule has 0 bridgehead atoms. The van der Waals surface area contributed by atoms with Crippen LogP contribution in [0, 0.1) is 0 Å². The third-order valence-electron chi connectivity index (χ3n) is 1.94. The molecule has 88 valence electrons. The predicted octanol–water partition coefficient (Wildman–Crippen LogP) is 2.21. The zero-order valence-electron chi connectivity index (χ0n) is 8.41. The van der Waals surface area contributed by atoms with Gasteiger partial charge in [-0.05, 0) is 12.1 Å². The molecule has 0 fully saturated rings. The van der Waals surface area contributed by atoms with Crippen molar-refractivity contribution < 1.29 is 9.90 Å². The number of benzene rings is 1.